The lowest BCUT2D eigenvalue weighted by Crippen LogP contribution is -2.16. The first-order valence-electron chi connectivity index (χ1n) is 9.20. The molecule has 3 heterocycles. The minimum atomic E-state index is -0.224. The molecule has 6 nitrogen and oxygen atoms in total. The number of nitrogens with one attached hydrogen (secondary N) is 1. The molecule has 1 amide bonds. The number of fused-ring (bicyclic) bond motifs is 1. The Morgan fingerprint density at radius 1 is 1.19 bits per heavy atom. The maximum absolute atomic E-state index is 12.8. The Morgan fingerprint density at radius 2 is 2.08 bits per heavy atom. The fourth-order valence-corrected chi connectivity index (χ4v) is 3.68. The summed E-state index contributed by atoms with van der Waals surface area (Å²) in [5.74, 6) is 1.74. The molecule has 1 saturated carbocycles. The second-order valence-corrected chi connectivity index (χ2v) is 7.02. The van der Waals surface area contributed by atoms with Gasteiger partial charge < -0.3 is 14.3 Å². The van der Waals surface area contributed by atoms with Crippen molar-refractivity contribution in [3.8, 4) is 11.4 Å². The van der Waals surface area contributed by atoms with E-state index in [-0.39, 0.29) is 5.91 Å². The number of carbonyl (C=O) groups excluding carboxylic acids is 1. The minimum absolute atomic E-state index is 0.224. The van der Waals surface area contributed by atoms with Crippen molar-refractivity contribution in [1.82, 2.24) is 14.5 Å². The molecule has 2 aliphatic rings. The van der Waals surface area contributed by atoms with E-state index in [1.54, 1.807) is 0 Å². The Morgan fingerprint density at radius 3 is 2.96 bits per heavy atom. The molecule has 1 aliphatic heterocycles. The van der Waals surface area contributed by atoms with Crippen molar-refractivity contribution < 1.29 is 9.21 Å². The maximum Gasteiger partial charge on any atom is 0.277 e. The van der Waals surface area contributed by atoms with Gasteiger partial charge in [0.2, 0.25) is 0 Å². The second-order valence-electron chi connectivity index (χ2n) is 7.02. The van der Waals surface area contributed by atoms with Crippen molar-refractivity contribution in [2.75, 3.05) is 5.32 Å². The predicted octanol–water partition coefficient (Wildman–Crippen LogP) is 4.00. The number of hydrogen-bond donors (Lipinski definition) is 1. The SMILES string of the molecule is O=C(Nc1ccccc1-c1ncc2n1CCCC2)c1ncoc1C1CC1. The number of hydrogen-bond acceptors (Lipinski definition) is 4. The van der Waals surface area contributed by atoms with Crippen LogP contribution in [0.15, 0.2) is 41.3 Å². The average molecular weight is 348 g/mol. The number of amides is 1. The van der Waals surface area contributed by atoms with Crippen LogP contribution in [0.4, 0.5) is 5.69 Å². The molecular weight excluding hydrogens is 328 g/mol. The highest BCUT2D eigenvalue weighted by Crippen LogP contribution is 2.41. The Labute approximate surface area is 151 Å². The molecule has 132 valence electrons. The largest absolute Gasteiger partial charge is 0.447 e. The number of carbonyl (C=O) groups is 1. The molecular formula is C20H20N4O2. The Bertz CT molecular complexity index is 968. The molecule has 3 aromatic rings. The van der Waals surface area contributed by atoms with Crippen LogP contribution in [0.2, 0.25) is 0 Å². The third-order valence-electron chi connectivity index (χ3n) is 5.18. The van der Waals surface area contributed by atoms with Crippen LogP contribution >= 0.6 is 0 Å². The Balaban J connectivity index is 1.48. The van der Waals surface area contributed by atoms with Gasteiger partial charge in [0.25, 0.3) is 5.91 Å². The van der Waals surface area contributed by atoms with Gasteiger partial charge in [-0.15, -0.1) is 0 Å². The molecule has 0 spiro atoms. The van der Waals surface area contributed by atoms with Gasteiger partial charge in [0.05, 0.1) is 5.69 Å². The number of anilines is 1. The standard InChI is InChI=1S/C20H20N4O2/c25-20(17-18(13-8-9-13)26-12-22-17)23-16-7-2-1-6-15(16)19-21-11-14-5-3-4-10-24(14)19/h1-2,6-7,11-13H,3-5,8-10H2,(H,23,25). The topological polar surface area (TPSA) is 73.0 Å². The van der Waals surface area contributed by atoms with Crippen molar-refractivity contribution in [2.24, 2.45) is 0 Å². The van der Waals surface area contributed by atoms with Crippen molar-refractivity contribution in [2.45, 2.75) is 44.6 Å². The number of aryl methyl sites for hydroxylation is 1. The summed E-state index contributed by atoms with van der Waals surface area (Å²) in [6, 6.07) is 7.81. The summed E-state index contributed by atoms with van der Waals surface area (Å²) in [6.07, 6.45) is 8.87. The molecule has 1 N–H and O–H groups in total. The third kappa shape index (κ3) is 2.62. The lowest BCUT2D eigenvalue weighted by Gasteiger charge is -2.18. The monoisotopic (exact) mass is 348 g/mol. The molecule has 0 bridgehead atoms. The van der Waals surface area contributed by atoms with Gasteiger partial charge >= 0.3 is 0 Å². The van der Waals surface area contributed by atoms with Gasteiger partial charge in [-0.25, -0.2) is 9.97 Å². The number of aromatic nitrogens is 3. The molecule has 0 atom stereocenters. The zero-order valence-corrected chi connectivity index (χ0v) is 14.4. The number of nitrogens with zero attached hydrogens (tertiary/aromatic N) is 3. The van der Waals surface area contributed by atoms with E-state index in [0.29, 0.717) is 17.4 Å². The molecule has 5 rings (SSSR count). The van der Waals surface area contributed by atoms with Crippen LogP contribution in [0.1, 0.15) is 53.5 Å². The number of benzene rings is 1. The quantitative estimate of drug-likeness (QED) is 0.773. The van der Waals surface area contributed by atoms with Crippen LogP contribution in [0.5, 0.6) is 0 Å². The molecule has 0 unspecified atom stereocenters. The van der Waals surface area contributed by atoms with Crippen molar-refractivity contribution in [3.05, 3.63) is 54.0 Å². The van der Waals surface area contributed by atoms with E-state index in [1.807, 2.05) is 30.5 Å². The fraction of sp³-hybridized carbons (Fsp3) is 0.350. The van der Waals surface area contributed by atoms with E-state index in [2.05, 4.69) is 19.9 Å². The van der Waals surface area contributed by atoms with Crippen molar-refractivity contribution >= 4 is 11.6 Å². The number of oxazole rings is 1. The Hall–Kier alpha value is -2.89. The maximum atomic E-state index is 12.8. The summed E-state index contributed by atoms with van der Waals surface area (Å²) in [5, 5.41) is 3.02. The molecule has 1 aliphatic carbocycles. The highest BCUT2D eigenvalue weighted by molar-refractivity contribution is 6.05. The van der Waals surface area contributed by atoms with Gasteiger partial charge in [-0.2, -0.15) is 0 Å². The van der Waals surface area contributed by atoms with Gasteiger partial charge in [0.1, 0.15) is 11.6 Å². The molecule has 1 fully saturated rings. The van der Waals surface area contributed by atoms with Gasteiger partial charge in [-0.05, 0) is 44.2 Å². The fourth-order valence-electron chi connectivity index (χ4n) is 3.68. The molecule has 0 radical (unpaired) electrons. The number of rotatable bonds is 4. The van der Waals surface area contributed by atoms with E-state index in [4.69, 9.17) is 4.42 Å². The smallest absolute Gasteiger partial charge is 0.277 e. The molecule has 1 aromatic carbocycles. The molecule has 6 heteroatoms. The first-order chi connectivity index (χ1) is 12.8. The highest BCUT2D eigenvalue weighted by atomic mass is 16.3. The van der Waals surface area contributed by atoms with Crippen LogP contribution in [0, 0.1) is 0 Å². The summed E-state index contributed by atoms with van der Waals surface area (Å²) < 4.78 is 7.70. The lowest BCUT2D eigenvalue weighted by atomic mass is 10.1. The minimum Gasteiger partial charge on any atom is -0.447 e. The first-order valence-corrected chi connectivity index (χ1v) is 9.20. The highest BCUT2D eigenvalue weighted by Gasteiger charge is 2.32. The normalized spacial score (nSPS) is 16.3. The number of imidazole rings is 1. The summed E-state index contributed by atoms with van der Waals surface area (Å²) in [6.45, 7) is 0.974. The molecule has 2 aromatic heterocycles. The average Bonchev–Trinajstić information content (AvgIpc) is 3.24. The van der Waals surface area contributed by atoms with Crippen LogP contribution in [-0.2, 0) is 13.0 Å². The zero-order chi connectivity index (χ0) is 17.5. The van der Waals surface area contributed by atoms with E-state index in [9.17, 15) is 4.79 Å². The van der Waals surface area contributed by atoms with Crippen LogP contribution < -0.4 is 5.32 Å². The van der Waals surface area contributed by atoms with Crippen molar-refractivity contribution in [1.29, 1.82) is 0 Å². The van der Waals surface area contributed by atoms with E-state index in [1.165, 1.54) is 18.5 Å². The van der Waals surface area contributed by atoms with Crippen LogP contribution in [0.25, 0.3) is 11.4 Å². The summed E-state index contributed by atoms with van der Waals surface area (Å²) in [5.41, 5.74) is 3.35. The van der Waals surface area contributed by atoms with Gasteiger partial charge in [0.15, 0.2) is 12.1 Å². The van der Waals surface area contributed by atoms with E-state index >= 15 is 0 Å². The summed E-state index contributed by atoms with van der Waals surface area (Å²) in [7, 11) is 0. The van der Waals surface area contributed by atoms with Gasteiger partial charge in [-0.3, -0.25) is 4.79 Å². The summed E-state index contributed by atoms with van der Waals surface area (Å²) >= 11 is 0. The molecule has 0 saturated heterocycles. The predicted molar refractivity (Wildman–Crippen MR) is 97.0 cm³/mol. The van der Waals surface area contributed by atoms with Crippen molar-refractivity contribution in [3.63, 3.8) is 0 Å². The van der Waals surface area contributed by atoms with Gasteiger partial charge in [-0.1, -0.05) is 12.1 Å². The van der Waals surface area contributed by atoms with E-state index in [0.717, 1.165) is 49.3 Å². The van der Waals surface area contributed by atoms with Crippen LogP contribution in [0.3, 0.4) is 0 Å². The van der Waals surface area contributed by atoms with Gasteiger partial charge in [0, 0.05) is 29.9 Å². The summed E-state index contributed by atoms with van der Waals surface area (Å²) in [4.78, 5) is 21.5. The molecule has 26 heavy (non-hydrogen) atoms. The van der Waals surface area contributed by atoms with E-state index < -0.39 is 0 Å². The number of para-hydroxylation sites is 1. The van der Waals surface area contributed by atoms with Crippen LogP contribution in [-0.4, -0.2) is 20.4 Å². The third-order valence-corrected chi connectivity index (χ3v) is 5.18. The zero-order valence-electron chi connectivity index (χ0n) is 14.4. The second kappa shape index (κ2) is 6.12. The first kappa shape index (κ1) is 15.4. The lowest BCUT2D eigenvalue weighted by molar-refractivity contribution is 0.102. The Kier molecular flexibility index (Phi) is 3.62.